The van der Waals surface area contributed by atoms with Crippen LogP contribution in [0.2, 0.25) is 10.0 Å². The highest BCUT2D eigenvalue weighted by Crippen LogP contribution is 2.39. The minimum absolute atomic E-state index is 0.269. The zero-order chi connectivity index (χ0) is 18.3. The van der Waals surface area contributed by atoms with Gasteiger partial charge in [-0.25, -0.2) is 0 Å². The fourth-order valence-electron chi connectivity index (χ4n) is 3.04. The summed E-state index contributed by atoms with van der Waals surface area (Å²) < 4.78 is 5.89. The number of hydrogen-bond acceptors (Lipinski definition) is 4. The van der Waals surface area contributed by atoms with Crippen molar-refractivity contribution < 1.29 is 9.53 Å². The maximum absolute atomic E-state index is 12.9. The third-order valence-electron chi connectivity index (χ3n) is 4.37. The Balaban J connectivity index is 1.65. The van der Waals surface area contributed by atoms with Crippen LogP contribution in [0.15, 0.2) is 60.8 Å². The molecule has 1 aliphatic rings. The van der Waals surface area contributed by atoms with Crippen molar-refractivity contribution in [3.63, 3.8) is 0 Å². The first-order valence-electron chi connectivity index (χ1n) is 8.01. The fourth-order valence-corrected chi connectivity index (χ4v) is 3.54. The van der Waals surface area contributed by atoms with E-state index in [9.17, 15) is 4.79 Å². The highest BCUT2D eigenvalue weighted by atomic mass is 35.5. The Morgan fingerprint density at radius 2 is 1.92 bits per heavy atom. The summed E-state index contributed by atoms with van der Waals surface area (Å²) in [5, 5.41) is 0.745. The lowest BCUT2D eigenvalue weighted by Gasteiger charge is -2.15. The van der Waals surface area contributed by atoms with Crippen molar-refractivity contribution in [3.05, 3.63) is 82.0 Å². The zero-order valence-corrected chi connectivity index (χ0v) is 15.0. The Morgan fingerprint density at radius 1 is 1.08 bits per heavy atom. The van der Waals surface area contributed by atoms with E-state index in [1.54, 1.807) is 18.3 Å². The van der Waals surface area contributed by atoms with Gasteiger partial charge in [-0.2, -0.15) is 0 Å². The summed E-state index contributed by atoms with van der Waals surface area (Å²) in [7, 11) is 0. The van der Waals surface area contributed by atoms with E-state index in [-0.39, 0.29) is 10.8 Å². The first-order chi connectivity index (χ1) is 12.5. The predicted octanol–water partition coefficient (Wildman–Crippen LogP) is 4.70. The topological polar surface area (TPSA) is 65.2 Å². The minimum atomic E-state index is -0.831. The molecule has 0 bridgehead atoms. The minimum Gasteiger partial charge on any atom is -0.480 e. The van der Waals surface area contributed by atoms with Gasteiger partial charge in [0.15, 0.2) is 6.10 Å². The number of benzene rings is 2. The summed E-state index contributed by atoms with van der Waals surface area (Å²) in [6.07, 6.45) is 0.895. The number of nitrogens with zero attached hydrogens (tertiary/aromatic N) is 1. The van der Waals surface area contributed by atoms with Gasteiger partial charge in [0.25, 0.3) is 0 Å². The number of hydrogen-bond donors (Lipinski definition) is 1. The Kier molecular flexibility index (Phi) is 4.41. The van der Waals surface area contributed by atoms with Crippen LogP contribution in [0.1, 0.15) is 22.0 Å². The van der Waals surface area contributed by atoms with Gasteiger partial charge < -0.3 is 10.5 Å². The number of ketones is 1. The molecule has 0 radical (unpaired) electrons. The van der Waals surface area contributed by atoms with Crippen LogP contribution in [0, 0.1) is 0 Å². The van der Waals surface area contributed by atoms with Crippen LogP contribution in [-0.4, -0.2) is 16.9 Å². The van der Waals surface area contributed by atoms with Crippen LogP contribution >= 0.6 is 23.2 Å². The van der Waals surface area contributed by atoms with E-state index in [1.165, 1.54) is 6.07 Å². The molecule has 0 saturated heterocycles. The van der Waals surface area contributed by atoms with Gasteiger partial charge in [0.1, 0.15) is 5.75 Å². The molecular formula is C20H14Cl2N2O2. The Bertz CT molecular complexity index is 992. The third-order valence-corrected chi connectivity index (χ3v) is 4.92. The van der Waals surface area contributed by atoms with Gasteiger partial charge in [-0.05, 0) is 36.4 Å². The number of ether oxygens (including phenoxy) is 1. The molecule has 26 heavy (non-hydrogen) atoms. The Labute approximate surface area is 160 Å². The molecule has 2 unspecified atom stereocenters. The number of fused-ring (bicyclic) bond motifs is 1. The van der Waals surface area contributed by atoms with Crippen molar-refractivity contribution in [1.82, 2.24) is 4.98 Å². The van der Waals surface area contributed by atoms with E-state index in [0.29, 0.717) is 16.3 Å². The maximum Gasteiger partial charge on any atom is 0.206 e. The first-order valence-corrected chi connectivity index (χ1v) is 8.77. The lowest BCUT2D eigenvalue weighted by atomic mass is 9.97. The fraction of sp³-hybridized carbons (Fsp3) is 0.100. The number of carbonyl (C=O) groups excluding carboxylic acids is 1. The van der Waals surface area contributed by atoms with Gasteiger partial charge in [0, 0.05) is 27.9 Å². The molecule has 2 atom stereocenters. The molecule has 0 spiro atoms. The first kappa shape index (κ1) is 17.0. The lowest BCUT2D eigenvalue weighted by molar-refractivity contribution is 0.0795. The number of nitrogens with two attached hydrogens (primary N) is 1. The van der Waals surface area contributed by atoms with E-state index in [4.69, 9.17) is 33.7 Å². The molecule has 2 aromatic carbocycles. The largest absolute Gasteiger partial charge is 0.480 e. The molecule has 0 fully saturated rings. The number of rotatable bonds is 3. The molecule has 2 heterocycles. The van der Waals surface area contributed by atoms with E-state index in [0.717, 1.165) is 16.8 Å². The van der Waals surface area contributed by atoms with Gasteiger partial charge >= 0.3 is 0 Å². The number of Topliss-reactive ketones (excluding diaryl/α,β-unsaturated/α-hetero) is 1. The number of carbonyl (C=O) groups is 1. The smallest absolute Gasteiger partial charge is 0.206 e. The van der Waals surface area contributed by atoms with Crippen LogP contribution in [0.4, 0.5) is 0 Å². The monoisotopic (exact) mass is 384 g/mol. The van der Waals surface area contributed by atoms with Crippen LogP contribution < -0.4 is 10.5 Å². The number of halogens is 2. The molecular weight excluding hydrogens is 371 g/mol. The average molecular weight is 385 g/mol. The Hall–Kier alpha value is -2.40. The quantitative estimate of drug-likeness (QED) is 0.664. The van der Waals surface area contributed by atoms with Gasteiger partial charge in [-0.1, -0.05) is 41.4 Å². The van der Waals surface area contributed by atoms with E-state index < -0.39 is 12.1 Å². The van der Waals surface area contributed by atoms with Gasteiger partial charge in [0.05, 0.1) is 16.8 Å². The summed E-state index contributed by atoms with van der Waals surface area (Å²) in [6.45, 7) is 0. The van der Waals surface area contributed by atoms with E-state index in [1.807, 2.05) is 36.4 Å². The molecule has 1 aliphatic heterocycles. The summed E-state index contributed by atoms with van der Waals surface area (Å²) in [4.78, 5) is 17.2. The van der Waals surface area contributed by atoms with Gasteiger partial charge in [0.2, 0.25) is 5.78 Å². The summed E-state index contributed by atoms with van der Waals surface area (Å²) in [5.41, 5.74) is 9.11. The standard InChI is InChI=1S/C20H14Cl2N2O2/c21-12-5-7-13(15(22)10-12)19(25)20-18(23)14-6-4-11(9-17(14)26-20)16-3-1-2-8-24-16/h1-10,18,20H,23H2. The lowest BCUT2D eigenvalue weighted by Crippen LogP contribution is -2.33. The molecule has 0 amide bonds. The molecule has 3 aromatic rings. The van der Waals surface area contributed by atoms with Crippen molar-refractivity contribution in [3.8, 4) is 17.0 Å². The second-order valence-electron chi connectivity index (χ2n) is 6.02. The van der Waals surface area contributed by atoms with Crippen molar-refractivity contribution >= 4 is 29.0 Å². The van der Waals surface area contributed by atoms with Crippen molar-refractivity contribution in [1.29, 1.82) is 0 Å². The zero-order valence-electron chi connectivity index (χ0n) is 13.5. The van der Waals surface area contributed by atoms with Crippen molar-refractivity contribution in [2.45, 2.75) is 12.1 Å². The van der Waals surface area contributed by atoms with Gasteiger partial charge in [-0.3, -0.25) is 9.78 Å². The maximum atomic E-state index is 12.9. The normalized spacial score (nSPS) is 18.3. The SMILES string of the molecule is NC1c2ccc(-c3ccccn3)cc2OC1C(=O)c1ccc(Cl)cc1Cl. The molecule has 0 aliphatic carbocycles. The van der Waals surface area contributed by atoms with Crippen molar-refractivity contribution in [2.75, 3.05) is 0 Å². The molecule has 1 aromatic heterocycles. The van der Waals surface area contributed by atoms with Crippen LogP contribution in [0.5, 0.6) is 5.75 Å². The highest BCUT2D eigenvalue weighted by Gasteiger charge is 2.38. The molecule has 6 heteroatoms. The third kappa shape index (κ3) is 2.97. The van der Waals surface area contributed by atoms with Crippen LogP contribution in [0.25, 0.3) is 11.3 Å². The summed E-state index contributed by atoms with van der Waals surface area (Å²) in [5.74, 6) is 0.318. The predicted molar refractivity (Wildman–Crippen MR) is 102 cm³/mol. The van der Waals surface area contributed by atoms with Crippen LogP contribution in [0.3, 0.4) is 0 Å². The highest BCUT2D eigenvalue weighted by molar-refractivity contribution is 6.37. The number of pyridine rings is 1. The average Bonchev–Trinajstić information content (AvgIpc) is 2.98. The molecule has 130 valence electrons. The molecule has 4 nitrogen and oxygen atoms in total. The van der Waals surface area contributed by atoms with Gasteiger partial charge in [-0.15, -0.1) is 0 Å². The Morgan fingerprint density at radius 3 is 2.65 bits per heavy atom. The van der Waals surface area contributed by atoms with E-state index in [2.05, 4.69) is 4.98 Å². The second-order valence-corrected chi connectivity index (χ2v) is 6.86. The molecule has 4 rings (SSSR count). The summed E-state index contributed by atoms with van der Waals surface area (Å²) in [6, 6.07) is 15.5. The van der Waals surface area contributed by atoms with E-state index >= 15 is 0 Å². The number of aromatic nitrogens is 1. The van der Waals surface area contributed by atoms with Crippen molar-refractivity contribution in [2.24, 2.45) is 5.73 Å². The molecule has 0 saturated carbocycles. The summed E-state index contributed by atoms with van der Waals surface area (Å²) >= 11 is 12.1. The molecule has 2 N–H and O–H groups in total. The van der Waals surface area contributed by atoms with Crippen LogP contribution in [-0.2, 0) is 0 Å². The second kappa shape index (κ2) is 6.72.